The number of aromatic amines is 1. The smallest absolute Gasteiger partial charge is 0.350 e. The third-order valence-electron chi connectivity index (χ3n) is 5.33. The van der Waals surface area contributed by atoms with E-state index in [2.05, 4.69) is 31.9 Å². The summed E-state index contributed by atoms with van der Waals surface area (Å²) in [5, 5.41) is 15.4. The van der Waals surface area contributed by atoms with E-state index in [0.29, 0.717) is 22.6 Å². The normalized spacial score (nSPS) is 11.4. The van der Waals surface area contributed by atoms with E-state index in [4.69, 9.17) is 20.6 Å². The molecule has 0 saturated heterocycles. The Hall–Kier alpha value is -5.33. The zero-order valence-electron chi connectivity index (χ0n) is 20.8. The summed E-state index contributed by atoms with van der Waals surface area (Å²) in [5.41, 5.74) is 6.51. The number of nitrogens with two attached hydrogens (primary N) is 1. The summed E-state index contributed by atoms with van der Waals surface area (Å²) >= 11 is 0. The Balaban J connectivity index is 1.84. The first-order valence-corrected chi connectivity index (χ1v) is 11.6. The summed E-state index contributed by atoms with van der Waals surface area (Å²) in [6, 6.07) is 10.2. The van der Waals surface area contributed by atoms with Gasteiger partial charge >= 0.3 is 11.7 Å². The minimum absolute atomic E-state index is 0.0548. The minimum Gasteiger partial charge on any atom is -0.490 e. The summed E-state index contributed by atoms with van der Waals surface area (Å²) in [5.74, 6) is -0.241. The van der Waals surface area contributed by atoms with Crippen LogP contribution < -0.4 is 26.2 Å². The van der Waals surface area contributed by atoms with E-state index in [0.717, 1.165) is 4.68 Å². The largest absolute Gasteiger partial charge is 0.490 e. The van der Waals surface area contributed by atoms with Gasteiger partial charge in [-0.3, -0.25) is 15.2 Å². The van der Waals surface area contributed by atoms with Gasteiger partial charge in [0.05, 0.1) is 5.56 Å². The van der Waals surface area contributed by atoms with Crippen LogP contribution >= 0.6 is 0 Å². The molecule has 4 aromatic rings. The van der Waals surface area contributed by atoms with Gasteiger partial charge in [-0.2, -0.15) is 0 Å². The number of carbonyl (C=O) groups is 1. The Morgan fingerprint density at radius 2 is 2.05 bits per heavy atom. The molecule has 39 heavy (non-hydrogen) atoms. The number of H-pyrrole nitrogens is 1. The fraction of sp³-hybridized carbons (Fsp3) is 0.154. The maximum atomic E-state index is 13.8. The number of halogens is 1. The van der Waals surface area contributed by atoms with E-state index in [1.165, 1.54) is 31.5 Å². The van der Waals surface area contributed by atoms with Gasteiger partial charge in [-0.15, -0.1) is 9.78 Å². The third kappa shape index (κ3) is 6.33. The molecular formula is C26H25FN8O4. The number of nitrogens with zero attached hydrogens (tertiary/aromatic N) is 4. The van der Waals surface area contributed by atoms with E-state index in [1.807, 2.05) is 0 Å². The molecule has 0 aliphatic carbocycles. The van der Waals surface area contributed by atoms with Crippen LogP contribution in [-0.4, -0.2) is 43.1 Å². The fourth-order valence-electron chi connectivity index (χ4n) is 3.73. The average molecular weight is 533 g/mol. The van der Waals surface area contributed by atoms with E-state index in [-0.39, 0.29) is 35.5 Å². The van der Waals surface area contributed by atoms with E-state index >= 15 is 0 Å². The van der Waals surface area contributed by atoms with Gasteiger partial charge in [0, 0.05) is 31.1 Å². The van der Waals surface area contributed by atoms with Crippen LogP contribution in [0.2, 0.25) is 0 Å². The van der Waals surface area contributed by atoms with Gasteiger partial charge in [-0.1, -0.05) is 18.7 Å². The second kappa shape index (κ2) is 11.8. The van der Waals surface area contributed by atoms with Crippen LogP contribution in [0.5, 0.6) is 11.5 Å². The number of hydrogen-bond acceptors (Lipinski definition) is 9. The van der Waals surface area contributed by atoms with Gasteiger partial charge in [0.15, 0.2) is 5.82 Å². The molecule has 5 N–H and O–H groups in total. The molecule has 0 bridgehead atoms. The molecule has 0 amide bonds. The maximum Gasteiger partial charge on any atom is 0.350 e. The molecular weight excluding hydrogens is 507 g/mol. The predicted octanol–water partition coefficient (Wildman–Crippen LogP) is 2.80. The molecule has 2 aromatic carbocycles. The highest BCUT2D eigenvalue weighted by atomic mass is 19.1. The zero-order chi connectivity index (χ0) is 27.9. The third-order valence-corrected chi connectivity index (χ3v) is 5.33. The van der Waals surface area contributed by atoms with Crippen molar-refractivity contribution in [2.24, 2.45) is 5.73 Å². The van der Waals surface area contributed by atoms with Crippen molar-refractivity contribution >= 4 is 17.5 Å². The molecule has 0 fully saturated rings. The number of nitrogens with one attached hydrogen (secondary N) is 3. The van der Waals surface area contributed by atoms with Crippen molar-refractivity contribution in [1.29, 1.82) is 5.41 Å². The van der Waals surface area contributed by atoms with Crippen molar-refractivity contribution in [3.63, 3.8) is 0 Å². The summed E-state index contributed by atoms with van der Waals surface area (Å²) in [6.45, 7) is 4.29. The molecule has 0 saturated carbocycles. The highest BCUT2D eigenvalue weighted by molar-refractivity contribution is 5.98. The number of ether oxygens (including phenoxy) is 2. The van der Waals surface area contributed by atoms with Crippen LogP contribution in [0.4, 0.5) is 10.1 Å². The number of esters is 1. The number of nitrogen functional groups attached to an aromatic ring is 1. The quantitative estimate of drug-likeness (QED) is 0.0744. The summed E-state index contributed by atoms with van der Waals surface area (Å²) in [4.78, 5) is 35.3. The van der Waals surface area contributed by atoms with Crippen molar-refractivity contribution in [2.45, 2.75) is 19.6 Å². The standard InChI is InChI=1S/C26H25FN8O4/c1-3-9-38-19-11-16(14-27)10-17(12-19)22(24-33-26(37)35(34-24)25-30-7-4-8-31-25)32-18-5-6-20(23(28)29)21(13-18)39-15(2)36/h3-8,10-13,22,32H,1,9,14H2,2H3,(H3,28,29)(H,33,34,37). The van der Waals surface area contributed by atoms with Crippen molar-refractivity contribution in [3.8, 4) is 17.4 Å². The number of aromatic nitrogens is 5. The minimum atomic E-state index is -0.853. The van der Waals surface area contributed by atoms with Crippen molar-refractivity contribution in [3.05, 3.63) is 101 Å². The molecule has 13 heteroatoms. The Labute approximate surface area is 221 Å². The number of anilines is 1. The molecule has 0 aliphatic rings. The lowest BCUT2D eigenvalue weighted by Gasteiger charge is -2.21. The molecule has 2 heterocycles. The first kappa shape index (κ1) is 26.7. The lowest BCUT2D eigenvalue weighted by molar-refractivity contribution is -0.131. The number of hydrogen-bond donors (Lipinski definition) is 4. The molecule has 1 atom stereocenters. The number of alkyl halides is 1. The molecule has 0 aliphatic heterocycles. The second-order valence-corrected chi connectivity index (χ2v) is 8.22. The van der Waals surface area contributed by atoms with Gasteiger partial charge in [-0.05, 0) is 41.5 Å². The van der Waals surface area contributed by atoms with Gasteiger partial charge in [0.2, 0.25) is 0 Å². The van der Waals surface area contributed by atoms with Crippen LogP contribution in [-0.2, 0) is 11.5 Å². The number of benzene rings is 2. The number of carbonyl (C=O) groups excluding carboxylic acids is 1. The second-order valence-electron chi connectivity index (χ2n) is 8.22. The van der Waals surface area contributed by atoms with E-state index < -0.39 is 24.4 Å². The van der Waals surface area contributed by atoms with Crippen LogP contribution in [0.15, 0.2) is 72.3 Å². The summed E-state index contributed by atoms with van der Waals surface area (Å²) in [6.07, 6.45) is 4.50. The van der Waals surface area contributed by atoms with Gasteiger partial charge in [0.1, 0.15) is 36.7 Å². The lowest BCUT2D eigenvalue weighted by Crippen LogP contribution is -2.18. The topological polar surface area (TPSA) is 174 Å². The van der Waals surface area contributed by atoms with Crippen molar-refractivity contribution in [1.82, 2.24) is 24.7 Å². The van der Waals surface area contributed by atoms with E-state index in [1.54, 1.807) is 36.4 Å². The molecule has 0 radical (unpaired) electrons. The SMILES string of the molecule is C=CCOc1cc(CF)cc(C(Nc2ccc(C(=N)N)c(OC(C)=O)c2)c2nn(-c3ncccn3)c(=O)[nH]2)c1. The first-order valence-electron chi connectivity index (χ1n) is 11.6. The van der Waals surface area contributed by atoms with Crippen LogP contribution in [0.25, 0.3) is 5.95 Å². The Bertz CT molecular complexity index is 1570. The molecule has 12 nitrogen and oxygen atoms in total. The zero-order valence-corrected chi connectivity index (χ0v) is 20.8. The predicted molar refractivity (Wildman–Crippen MR) is 141 cm³/mol. The average Bonchev–Trinajstić information content (AvgIpc) is 3.31. The maximum absolute atomic E-state index is 13.8. The molecule has 2 aromatic heterocycles. The van der Waals surface area contributed by atoms with Gasteiger partial charge < -0.3 is 20.5 Å². The Kier molecular flexibility index (Phi) is 8.09. The fourth-order valence-corrected chi connectivity index (χ4v) is 3.73. The van der Waals surface area contributed by atoms with E-state index in [9.17, 15) is 14.0 Å². The number of rotatable bonds is 11. The number of amidine groups is 1. The van der Waals surface area contributed by atoms with Crippen molar-refractivity contribution in [2.75, 3.05) is 11.9 Å². The highest BCUT2D eigenvalue weighted by Gasteiger charge is 2.23. The monoisotopic (exact) mass is 532 g/mol. The van der Waals surface area contributed by atoms with Gasteiger partial charge in [-0.25, -0.2) is 19.2 Å². The van der Waals surface area contributed by atoms with Crippen molar-refractivity contribution < 1.29 is 18.7 Å². The summed E-state index contributed by atoms with van der Waals surface area (Å²) in [7, 11) is 0. The molecule has 0 spiro atoms. The van der Waals surface area contributed by atoms with Crippen LogP contribution in [0, 0.1) is 5.41 Å². The van der Waals surface area contributed by atoms with Gasteiger partial charge in [0.25, 0.3) is 5.95 Å². The molecule has 4 rings (SSSR count). The van der Waals surface area contributed by atoms with Crippen LogP contribution in [0.3, 0.4) is 0 Å². The lowest BCUT2D eigenvalue weighted by atomic mass is 10.0. The first-order chi connectivity index (χ1) is 18.8. The van der Waals surface area contributed by atoms with Crippen LogP contribution in [0.1, 0.15) is 35.5 Å². The molecule has 1 unspecified atom stereocenters. The highest BCUT2D eigenvalue weighted by Crippen LogP contribution is 2.31. The molecule has 200 valence electrons. The Morgan fingerprint density at radius 1 is 1.28 bits per heavy atom. The Morgan fingerprint density at radius 3 is 2.72 bits per heavy atom. The summed E-state index contributed by atoms with van der Waals surface area (Å²) < 4.78 is 25.7.